The number of nitrogens with one attached hydrogen (secondary N) is 1. The third-order valence-corrected chi connectivity index (χ3v) is 5.03. The zero-order valence-electron chi connectivity index (χ0n) is 16.3. The van der Waals surface area contributed by atoms with E-state index in [1.807, 2.05) is 25.1 Å². The number of esters is 1. The van der Waals surface area contributed by atoms with Gasteiger partial charge in [-0.1, -0.05) is 43.6 Å². The number of hydrogen-bond acceptors (Lipinski definition) is 4. The van der Waals surface area contributed by atoms with Gasteiger partial charge in [-0.3, -0.25) is 9.59 Å². The molecule has 0 aliphatic carbocycles. The fourth-order valence-corrected chi connectivity index (χ4v) is 3.48. The normalized spacial score (nSPS) is 15.5. The topological polar surface area (TPSA) is 64.6 Å². The molecule has 5 nitrogen and oxygen atoms in total. The molecule has 0 saturated carbocycles. The van der Waals surface area contributed by atoms with Crippen molar-refractivity contribution < 1.29 is 19.1 Å². The van der Waals surface area contributed by atoms with Gasteiger partial charge in [0.2, 0.25) is 0 Å². The lowest BCUT2D eigenvalue weighted by atomic mass is 9.97. The Kier molecular flexibility index (Phi) is 6.25. The fraction of sp³-hybridized carbons (Fsp3) is 0.364. The molecule has 2 aromatic carbocycles. The molecule has 28 heavy (non-hydrogen) atoms. The molecule has 1 N–H and O–H groups in total. The Morgan fingerprint density at radius 2 is 2.07 bits per heavy atom. The summed E-state index contributed by atoms with van der Waals surface area (Å²) in [5, 5.41) is 3.47. The van der Waals surface area contributed by atoms with Gasteiger partial charge < -0.3 is 14.8 Å². The van der Waals surface area contributed by atoms with Gasteiger partial charge in [0.05, 0.1) is 5.92 Å². The number of rotatable bonds is 5. The average molecular weight is 402 g/mol. The van der Waals surface area contributed by atoms with Crippen LogP contribution in [0, 0.1) is 12.8 Å². The van der Waals surface area contributed by atoms with Crippen molar-refractivity contribution in [1.29, 1.82) is 0 Å². The highest BCUT2D eigenvalue weighted by Crippen LogP contribution is 2.30. The Labute approximate surface area is 170 Å². The summed E-state index contributed by atoms with van der Waals surface area (Å²) in [5.41, 5.74) is 3.67. The molecule has 2 aromatic rings. The van der Waals surface area contributed by atoms with E-state index >= 15 is 0 Å². The Bertz CT molecular complexity index is 894. The van der Waals surface area contributed by atoms with Crippen LogP contribution in [0.3, 0.4) is 0 Å². The summed E-state index contributed by atoms with van der Waals surface area (Å²) in [6.07, 6.45) is 0.478. The molecule has 3 rings (SSSR count). The predicted octanol–water partition coefficient (Wildman–Crippen LogP) is 4.50. The number of anilines is 1. The van der Waals surface area contributed by atoms with E-state index in [0.29, 0.717) is 11.4 Å². The summed E-state index contributed by atoms with van der Waals surface area (Å²) in [4.78, 5) is 24.7. The molecule has 0 bridgehead atoms. The number of ether oxygens (including phenoxy) is 2. The SMILES string of the molecule is Cc1cccc(C(C)C)c1NC(=O)COC(=O)[C@H]1COc2ccc(Cl)cc2C1. The number of para-hydroxylation sites is 1. The zero-order chi connectivity index (χ0) is 20.3. The maximum absolute atomic E-state index is 12.4. The number of fused-ring (bicyclic) bond motifs is 1. The first-order chi connectivity index (χ1) is 13.3. The third-order valence-electron chi connectivity index (χ3n) is 4.80. The van der Waals surface area contributed by atoms with Crippen LogP contribution < -0.4 is 10.1 Å². The van der Waals surface area contributed by atoms with Crippen LogP contribution in [0.4, 0.5) is 5.69 Å². The summed E-state index contributed by atoms with van der Waals surface area (Å²) in [5.74, 6) is -0.265. The lowest BCUT2D eigenvalue weighted by Gasteiger charge is -2.24. The molecule has 1 aliphatic heterocycles. The summed E-state index contributed by atoms with van der Waals surface area (Å²) < 4.78 is 10.8. The molecule has 1 amide bonds. The van der Waals surface area contributed by atoms with Crippen molar-refractivity contribution in [1.82, 2.24) is 0 Å². The van der Waals surface area contributed by atoms with Gasteiger partial charge in [-0.15, -0.1) is 0 Å². The first-order valence-corrected chi connectivity index (χ1v) is 9.70. The van der Waals surface area contributed by atoms with Crippen LogP contribution in [0.2, 0.25) is 5.02 Å². The van der Waals surface area contributed by atoms with Crippen LogP contribution in [-0.4, -0.2) is 25.1 Å². The van der Waals surface area contributed by atoms with Crippen molar-refractivity contribution in [3.63, 3.8) is 0 Å². The second-order valence-corrected chi connectivity index (χ2v) is 7.75. The molecule has 1 heterocycles. The van der Waals surface area contributed by atoms with Gasteiger partial charge in [0.25, 0.3) is 5.91 Å². The van der Waals surface area contributed by atoms with Crippen LogP contribution in [0.5, 0.6) is 5.75 Å². The third kappa shape index (κ3) is 4.65. The molecule has 1 aliphatic rings. The molecular formula is C22H24ClNO4. The highest BCUT2D eigenvalue weighted by molar-refractivity contribution is 6.30. The molecule has 0 radical (unpaired) electrons. The highest BCUT2D eigenvalue weighted by atomic mass is 35.5. The van der Waals surface area contributed by atoms with E-state index in [-0.39, 0.29) is 25.0 Å². The number of aryl methyl sites for hydroxylation is 1. The number of amides is 1. The lowest BCUT2D eigenvalue weighted by Crippen LogP contribution is -2.32. The molecule has 6 heteroatoms. The van der Waals surface area contributed by atoms with Crippen molar-refractivity contribution in [2.24, 2.45) is 5.92 Å². The number of hydrogen-bond donors (Lipinski definition) is 1. The molecular weight excluding hydrogens is 378 g/mol. The van der Waals surface area contributed by atoms with Crippen molar-refractivity contribution in [3.8, 4) is 5.75 Å². The standard InChI is InChI=1S/C22H24ClNO4/c1-13(2)18-6-4-5-14(3)21(18)24-20(25)12-28-22(26)16-9-15-10-17(23)7-8-19(15)27-11-16/h4-8,10,13,16H,9,11-12H2,1-3H3,(H,24,25)/t16-/m1/s1. The van der Waals surface area contributed by atoms with Crippen LogP contribution in [0.15, 0.2) is 36.4 Å². The van der Waals surface area contributed by atoms with E-state index in [9.17, 15) is 9.59 Å². The van der Waals surface area contributed by atoms with Gasteiger partial charge in [0, 0.05) is 10.7 Å². The van der Waals surface area contributed by atoms with Gasteiger partial charge in [0.15, 0.2) is 6.61 Å². The summed E-state index contributed by atoms with van der Waals surface area (Å²) in [6.45, 7) is 5.97. The van der Waals surface area contributed by atoms with Crippen molar-refractivity contribution in [2.75, 3.05) is 18.5 Å². The first-order valence-electron chi connectivity index (χ1n) is 9.32. The molecule has 0 saturated heterocycles. The van der Waals surface area contributed by atoms with Gasteiger partial charge >= 0.3 is 5.97 Å². The van der Waals surface area contributed by atoms with Crippen molar-refractivity contribution in [3.05, 3.63) is 58.1 Å². The van der Waals surface area contributed by atoms with Crippen molar-refractivity contribution in [2.45, 2.75) is 33.1 Å². The first kappa shape index (κ1) is 20.2. The molecule has 0 unspecified atom stereocenters. The fourth-order valence-electron chi connectivity index (χ4n) is 3.29. The van der Waals surface area contributed by atoms with E-state index in [0.717, 1.165) is 28.1 Å². The lowest BCUT2D eigenvalue weighted by molar-refractivity contribution is -0.152. The van der Waals surface area contributed by atoms with Crippen LogP contribution in [-0.2, 0) is 20.7 Å². The quantitative estimate of drug-likeness (QED) is 0.749. The van der Waals surface area contributed by atoms with Gasteiger partial charge in [-0.05, 0) is 54.2 Å². The highest BCUT2D eigenvalue weighted by Gasteiger charge is 2.28. The molecule has 148 valence electrons. The summed E-state index contributed by atoms with van der Waals surface area (Å²) in [7, 11) is 0. The molecule has 0 aromatic heterocycles. The van der Waals surface area contributed by atoms with Crippen LogP contribution in [0.25, 0.3) is 0 Å². The second-order valence-electron chi connectivity index (χ2n) is 7.31. The predicted molar refractivity (Wildman–Crippen MR) is 109 cm³/mol. The van der Waals surface area contributed by atoms with Crippen molar-refractivity contribution >= 4 is 29.2 Å². The van der Waals surface area contributed by atoms with E-state index in [2.05, 4.69) is 19.2 Å². The number of halogens is 1. The average Bonchev–Trinajstić information content (AvgIpc) is 2.66. The molecule has 0 fully saturated rings. The van der Waals surface area contributed by atoms with E-state index in [4.69, 9.17) is 21.1 Å². The van der Waals surface area contributed by atoms with Crippen LogP contribution >= 0.6 is 11.6 Å². The Morgan fingerprint density at radius 1 is 1.29 bits per heavy atom. The minimum Gasteiger partial charge on any atom is -0.492 e. The number of carbonyl (C=O) groups excluding carboxylic acids is 2. The van der Waals surface area contributed by atoms with Gasteiger partial charge in [-0.2, -0.15) is 0 Å². The van der Waals surface area contributed by atoms with E-state index < -0.39 is 11.9 Å². The second kappa shape index (κ2) is 8.65. The maximum atomic E-state index is 12.4. The van der Waals surface area contributed by atoms with Gasteiger partial charge in [0.1, 0.15) is 12.4 Å². The number of carbonyl (C=O) groups is 2. The minimum atomic E-state index is -0.455. The Balaban J connectivity index is 1.58. The van der Waals surface area contributed by atoms with E-state index in [1.54, 1.807) is 18.2 Å². The molecule has 1 atom stereocenters. The van der Waals surface area contributed by atoms with E-state index in [1.165, 1.54) is 0 Å². The largest absolute Gasteiger partial charge is 0.492 e. The smallest absolute Gasteiger partial charge is 0.313 e. The number of benzene rings is 2. The zero-order valence-corrected chi connectivity index (χ0v) is 17.0. The summed E-state index contributed by atoms with van der Waals surface area (Å²) >= 11 is 6.01. The Morgan fingerprint density at radius 3 is 2.82 bits per heavy atom. The maximum Gasteiger partial charge on any atom is 0.313 e. The van der Waals surface area contributed by atoms with Crippen LogP contribution in [0.1, 0.15) is 36.5 Å². The Hall–Kier alpha value is -2.53. The molecule has 0 spiro atoms. The van der Waals surface area contributed by atoms with Gasteiger partial charge in [-0.25, -0.2) is 0 Å². The summed E-state index contributed by atoms with van der Waals surface area (Å²) in [6, 6.07) is 11.2. The minimum absolute atomic E-state index is 0.227. The monoisotopic (exact) mass is 401 g/mol.